The van der Waals surface area contributed by atoms with Crippen LogP contribution in [0.1, 0.15) is 27.2 Å². The highest BCUT2D eigenvalue weighted by atomic mass is 16.8. The minimum Gasteiger partial charge on any atom is -0.467 e. The Hall–Kier alpha value is -0.950. The van der Waals surface area contributed by atoms with E-state index in [0.29, 0.717) is 6.42 Å². The maximum Gasteiger partial charge on any atom is 0.341 e. The van der Waals surface area contributed by atoms with E-state index >= 15 is 0 Å². The summed E-state index contributed by atoms with van der Waals surface area (Å²) >= 11 is 0. The number of carbonyl (C=O) groups is 1. The summed E-state index contributed by atoms with van der Waals surface area (Å²) in [6.45, 7) is 9.37. The third-order valence-corrected chi connectivity index (χ3v) is 4.14. The molecule has 2 rings (SSSR count). The lowest BCUT2D eigenvalue weighted by Gasteiger charge is -2.36. The van der Waals surface area contributed by atoms with Crippen LogP contribution < -0.4 is 0 Å². The van der Waals surface area contributed by atoms with Gasteiger partial charge >= 0.3 is 5.97 Å². The fraction of sp³-hybridized carbons (Fsp3) is 0.800. The van der Waals surface area contributed by atoms with Crippen LogP contribution in [0.3, 0.4) is 0 Å². The minimum absolute atomic E-state index is 0.268. The van der Waals surface area contributed by atoms with E-state index in [0.717, 1.165) is 0 Å². The number of ether oxygens (including phenoxy) is 5. The fourth-order valence-electron chi connectivity index (χ4n) is 3.25. The van der Waals surface area contributed by atoms with Crippen LogP contribution in [0.25, 0.3) is 0 Å². The third kappa shape index (κ3) is 2.40. The summed E-state index contributed by atoms with van der Waals surface area (Å²) in [7, 11) is 2.85. The molecule has 5 atom stereocenters. The Morgan fingerprint density at radius 1 is 1.33 bits per heavy atom. The largest absolute Gasteiger partial charge is 0.467 e. The lowest BCUT2D eigenvalue weighted by molar-refractivity contribution is -0.259. The van der Waals surface area contributed by atoms with Crippen LogP contribution in [0.5, 0.6) is 0 Å². The van der Waals surface area contributed by atoms with Gasteiger partial charge < -0.3 is 23.7 Å². The van der Waals surface area contributed by atoms with Gasteiger partial charge in [-0.25, -0.2) is 4.79 Å². The van der Waals surface area contributed by atoms with Gasteiger partial charge in [-0.15, -0.1) is 6.58 Å². The monoisotopic (exact) mass is 300 g/mol. The Kier molecular flexibility index (Phi) is 4.44. The van der Waals surface area contributed by atoms with Crippen LogP contribution >= 0.6 is 0 Å². The molecule has 6 nitrogen and oxygen atoms in total. The van der Waals surface area contributed by atoms with E-state index in [1.165, 1.54) is 14.2 Å². The molecule has 0 aliphatic carbocycles. The number of methoxy groups -OCH3 is 2. The molecular formula is C15H24O6. The molecule has 0 aromatic rings. The molecular weight excluding hydrogens is 276 g/mol. The molecule has 2 fully saturated rings. The highest BCUT2D eigenvalue weighted by Gasteiger charge is 2.69. The van der Waals surface area contributed by atoms with Crippen LogP contribution in [-0.4, -0.2) is 50.1 Å². The average Bonchev–Trinajstić information content (AvgIpc) is 2.92. The van der Waals surface area contributed by atoms with Gasteiger partial charge in [0.15, 0.2) is 12.1 Å². The van der Waals surface area contributed by atoms with Crippen molar-refractivity contribution in [2.24, 2.45) is 5.92 Å². The van der Waals surface area contributed by atoms with Gasteiger partial charge in [0.2, 0.25) is 5.60 Å². The van der Waals surface area contributed by atoms with Crippen molar-refractivity contribution in [3.05, 3.63) is 12.7 Å². The van der Waals surface area contributed by atoms with E-state index in [9.17, 15) is 4.79 Å². The van der Waals surface area contributed by atoms with Crippen LogP contribution in [0.4, 0.5) is 0 Å². The van der Waals surface area contributed by atoms with Crippen molar-refractivity contribution in [3.63, 3.8) is 0 Å². The molecule has 120 valence electrons. The molecule has 2 heterocycles. The summed E-state index contributed by atoms with van der Waals surface area (Å²) in [6, 6.07) is 0. The highest BCUT2D eigenvalue weighted by molar-refractivity contribution is 5.82. The predicted molar refractivity (Wildman–Crippen MR) is 74.4 cm³/mol. The van der Waals surface area contributed by atoms with Crippen LogP contribution in [-0.2, 0) is 28.5 Å². The summed E-state index contributed by atoms with van der Waals surface area (Å²) in [5, 5.41) is 0. The first-order valence-corrected chi connectivity index (χ1v) is 7.13. The standard InChI is InChI=1S/C15H24O6/c1-7-9(8-2)15(13(16)18-6)11-10(12(17-5)21-15)19-14(3,4)20-11/h7,9-12H,1,8H2,2-6H3/t9-,10-,11+,12-,15-/m0/s1. The van der Waals surface area contributed by atoms with Crippen LogP contribution in [0.2, 0.25) is 0 Å². The zero-order valence-electron chi connectivity index (χ0n) is 13.3. The number of hydrogen-bond donors (Lipinski definition) is 0. The zero-order valence-corrected chi connectivity index (χ0v) is 13.3. The number of carbonyl (C=O) groups excluding carboxylic acids is 1. The Morgan fingerprint density at radius 2 is 2.00 bits per heavy atom. The normalized spacial score (nSPS) is 38.8. The van der Waals surface area contributed by atoms with E-state index in [1.54, 1.807) is 19.9 Å². The van der Waals surface area contributed by atoms with Gasteiger partial charge in [-0.1, -0.05) is 13.0 Å². The summed E-state index contributed by atoms with van der Waals surface area (Å²) in [5.41, 5.74) is -1.30. The lowest BCUT2D eigenvalue weighted by atomic mass is 9.80. The Labute approximate surface area is 125 Å². The van der Waals surface area contributed by atoms with Gasteiger partial charge in [0.1, 0.15) is 12.2 Å². The number of hydrogen-bond acceptors (Lipinski definition) is 6. The van der Waals surface area contributed by atoms with Crippen molar-refractivity contribution >= 4 is 5.97 Å². The molecule has 0 aromatic heterocycles. The molecule has 0 amide bonds. The molecule has 21 heavy (non-hydrogen) atoms. The summed E-state index contributed by atoms with van der Waals surface area (Å²) in [4.78, 5) is 12.5. The van der Waals surface area contributed by atoms with Crippen molar-refractivity contribution < 1.29 is 28.5 Å². The average molecular weight is 300 g/mol. The molecule has 2 aliphatic rings. The third-order valence-electron chi connectivity index (χ3n) is 4.14. The van der Waals surface area contributed by atoms with Gasteiger partial charge in [0.05, 0.1) is 7.11 Å². The lowest BCUT2D eigenvalue weighted by Crippen LogP contribution is -2.55. The van der Waals surface area contributed by atoms with E-state index in [2.05, 4.69) is 6.58 Å². The van der Waals surface area contributed by atoms with Gasteiger partial charge in [0.25, 0.3) is 0 Å². The Balaban J connectivity index is 2.49. The minimum atomic E-state index is -1.30. The molecule has 0 radical (unpaired) electrons. The molecule has 0 N–H and O–H groups in total. The topological polar surface area (TPSA) is 63.2 Å². The molecule has 0 bridgehead atoms. The van der Waals surface area contributed by atoms with E-state index in [-0.39, 0.29) is 5.92 Å². The van der Waals surface area contributed by atoms with Crippen molar-refractivity contribution in [2.45, 2.75) is 57.1 Å². The van der Waals surface area contributed by atoms with E-state index in [1.807, 2.05) is 6.92 Å². The number of rotatable bonds is 5. The molecule has 0 spiro atoms. The van der Waals surface area contributed by atoms with E-state index < -0.39 is 35.9 Å². The van der Waals surface area contributed by atoms with Crippen molar-refractivity contribution in [1.29, 1.82) is 0 Å². The number of fused-ring (bicyclic) bond motifs is 1. The maximum absolute atomic E-state index is 12.5. The molecule has 0 unspecified atom stereocenters. The summed E-state index contributed by atoms with van der Waals surface area (Å²) in [6.07, 6.45) is 0.568. The zero-order chi connectivity index (χ0) is 15.8. The fourth-order valence-corrected chi connectivity index (χ4v) is 3.25. The first-order chi connectivity index (χ1) is 9.86. The van der Waals surface area contributed by atoms with Gasteiger partial charge in [-0.3, -0.25) is 0 Å². The molecule has 6 heteroatoms. The summed E-state index contributed by atoms with van der Waals surface area (Å²) < 4.78 is 28.1. The quantitative estimate of drug-likeness (QED) is 0.568. The predicted octanol–water partition coefficient (Wildman–Crippen LogP) is 1.63. The first-order valence-electron chi connectivity index (χ1n) is 7.13. The Bertz CT molecular complexity index is 420. The second-order valence-corrected chi connectivity index (χ2v) is 5.78. The van der Waals surface area contributed by atoms with Crippen molar-refractivity contribution in [3.8, 4) is 0 Å². The Morgan fingerprint density at radius 3 is 2.48 bits per heavy atom. The smallest absolute Gasteiger partial charge is 0.341 e. The maximum atomic E-state index is 12.5. The second-order valence-electron chi connectivity index (χ2n) is 5.78. The van der Waals surface area contributed by atoms with Gasteiger partial charge in [-0.2, -0.15) is 0 Å². The van der Waals surface area contributed by atoms with Crippen LogP contribution in [0, 0.1) is 5.92 Å². The van der Waals surface area contributed by atoms with Gasteiger partial charge in [0, 0.05) is 13.0 Å². The van der Waals surface area contributed by atoms with Crippen molar-refractivity contribution in [2.75, 3.05) is 14.2 Å². The molecule has 2 saturated heterocycles. The van der Waals surface area contributed by atoms with E-state index in [4.69, 9.17) is 23.7 Å². The van der Waals surface area contributed by atoms with Gasteiger partial charge in [-0.05, 0) is 20.3 Å². The van der Waals surface area contributed by atoms with Crippen molar-refractivity contribution in [1.82, 2.24) is 0 Å². The molecule has 2 aliphatic heterocycles. The molecule has 0 saturated carbocycles. The SMILES string of the molecule is C=C[C@@H](CC)[C@]1(C(=O)OC)O[C@H](OC)[C@H]2OC(C)(C)O[C@H]21. The van der Waals surface area contributed by atoms with Crippen LogP contribution in [0.15, 0.2) is 12.7 Å². The molecule has 0 aromatic carbocycles. The summed E-state index contributed by atoms with van der Waals surface area (Å²) in [5.74, 6) is -1.57. The second kappa shape index (κ2) is 5.68. The highest BCUT2D eigenvalue weighted by Crippen LogP contribution is 2.49. The first kappa shape index (κ1) is 16.4. The number of esters is 1.